The maximum atomic E-state index is 8.84. The molecule has 8 nitrogen and oxygen atoms in total. The van der Waals surface area contributed by atoms with Crippen LogP contribution in [0.3, 0.4) is 0 Å². The number of aromatic nitrogens is 1. The number of rotatable bonds is 5. The van der Waals surface area contributed by atoms with Crippen molar-refractivity contribution < 1.29 is 9.15 Å². The number of hydrogen-bond acceptors (Lipinski definition) is 7. The van der Waals surface area contributed by atoms with E-state index in [2.05, 4.69) is 15.5 Å². The van der Waals surface area contributed by atoms with Gasteiger partial charge in [0.25, 0.3) is 0 Å². The van der Waals surface area contributed by atoms with Gasteiger partial charge in [-0.1, -0.05) is 6.07 Å². The Hall–Kier alpha value is -3.86. The van der Waals surface area contributed by atoms with Crippen LogP contribution in [0, 0.1) is 16.7 Å². The number of hydrazone groups is 1. The second-order valence-corrected chi connectivity index (χ2v) is 5.03. The number of fused-ring (bicyclic) bond motifs is 1. The first-order valence-electron chi connectivity index (χ1n) is 7.24. The van der Waals surface area contributed by atoms with E-state index in [-0.39, 0.29) is 5.71 Å². The van der Waals surface area contributed by atoms with Crippen LogP contribution in [0.2, 0.25) is 0 Å². The summed E-state index contributed by atoms with van der Waals surface area (Å²) in [5.74, 6) is 0.775. The fourth-order valence-corrected chi connectivity index (χ4v) is 2.14. The summed E-state index contributed by atoms with van der Waals surface area (Å²) in [6.07, 6.45) is 0. The van der Waals surface area contributed by atoms with Gasteiger partial charge in [-0.3, -0.25) is 10.8 Å². The summed E-state index contributed by atoms with van der Waals surface area (Å²) in [4.78, 5) is 4.45. The Kier molecular flexibility index (Phi) is 4.30. The van der Waals surface area contributed by atoms with Gasteiger partial charge in [-0.25, -0.2) is 4.98 Å². The normalized spacial score (nSPS) is 11.1. The summed E-state index contributed by atoms with van der Waals surface area (Å²) in [5, 5.41) is 19.8. The van der Waals surface area contributed by atoms with Crippen molar-refractivity contribution in [3.63, 3.8) is 0 Å². The first kappa shape index (κ1) is 16.0. The first-order chi connectivity index (χ1) is 12.1. The van der Waals surface area contributed by atoms with Crippen LogP contribution in [-0.4, -0.2) is 23.6 Å². The van der Waals surface area contributed by atoms with Crippen molar-refractivity contribution in [3.8, 4) is 23.3 Å². The molecule has 0 aliphatic rings. The van der Waals surface area contributed by atoms with Gasteiger partial charge in [0.1, 0.15) is 17.3 Å². The van der Waals surface area contributed by atoms with Gasteiger partial charge in [-0.2, -0.15) is 10.4 Å². The Morgan fingerprint density at radius 3 is 2.92 bits per heavy atom. The van der Waals surface area contributed by atoms with Crippen LogP contribution in [-0.2, 0) is 0 Å². The highest BCUT2D eigenvalue weighted by atomic mass is 16.5. The van der Waals surface area contributed by atoms with Gasteiger partial charge >= 0.3 is 0 Å². The average molecular weight is 334 g/mol. The highest BCUT2D eigenvalue weighted by Gasteiger charge is 2.10. The zero-order chi connectivity index (χ0) is 17.8. The second kappa shape index (κ2) is 6.72. The third kappa shape index (κ3) is 3.40. The average Bonchev–Trinajstić information content (AvgIpc) is 3.05. The summed E-state index contributed by atoms with van der Waals surface area (Å²) in [7, 11) is 1.60. The molecule has 8 heteroatoms. The molecule has 3 aromatic rings. The number of amidine groups is 1. The van der Waals surface area contributed by atoms with Crippen molar-refractivity contribution in [2.75, 3.05) is 12.5 Å². The Bertz CT molecular complexity index is 1020. The van der Waals surface area contributed by atoms with Crippen LogP contribution in [0.1, 0.15) is 0 Å². The summed E-state index contributed by atoms with van der Waals surface area (Å²) in [6, 6.07) is 14.3. The molecule has 0 saturated heterocycles. The lowest BCUT2D eigenvalue weighted by molar-refractivity contribution is 0.415. The number of oxazole rings is 1. The van der Waals surface area contributed by atoms with E-state index in [4.69, 9.17) is 25.6 Å². The number of hydrogen-bond donors (Lipinski definition) is 3. The quantitative estimate of drug-likeness (QED) is 0.373. The topological polar surface area (TPSA) is 133 Å². The summed E-state index contributed by atoms with van der Waals surface area (Å²) >= 11 is 0. The molecule has 0 fully saturated rings. The van der Waals surface area contributed by atoms with Crippen molar-refractivity contribution in [2.24, 2.45) is 10.8 Å². The van der Waals surface area contributed by atoms with Crippen molar-refractivity contribution in [1.82, 2.24) is 4.98 Å². The summed E-state index contributed by atoms with van der Waals surface area (Å²) < 4.78 is 11.0. The number of nitriles is 1. The molecule has 25 heavy (non-hydrogen) atoms. The SMILES string of the molecule is COc1cccc(-c2nc3ccc(N/N=C(\C#N)C(=N)N)cc3o2)c1. The molecule has 2 aromatic carbocycles. The van der Waals surface area contributed by atoms with E-state index in [1.54, 1.807) is 31.4 Å². The van der Waals surface area contributed by atoms with E-state index < -0.39 is 5.84 Å². The first-order valence-corrected chi connectivity index (χ1v) is 7.24. The molecule has 0 aliphatic heterocycles. The molecule has 124 valence electrons. The van der Waals surface area contributed by atoms with Crippen LogP contribution in [0.5, 0.6) is 5.75 Å². The zero-order valence-electron chi connectivity index (χ0n) is 13.3. The summed E-state index contributed by atoms with van der Waals surface area (Å²) in [5.41, 5.74) is 10.3. The molecule has 3 rings (SSSR count). The number of benzene rings is 2. The minimum atomic E-state index is -0.406. The molecule has 1 heterocycles. The predicted octanol–water partition coefficient (Wildman–Crippen LogP) is 2.73. The van der Waals surface area contributed by atoms with Gasteiger partial charge in [0.2, 0.25) is 11.6 Å². The molecule has 0 aliphatic carbocycles. The fraction of sp³-hybridized carbons (Fsp3) is 0.0588. The smallest absolute Gasteiger partial charge is 0.227 e. The largest absolute Gasteiger partial charge is 0.497 e. The van der Waals surface area contributed by atoms with E-state index in [0.717, 1.165) is 5.56 Å². The van der Waals surface area contributed by atoms with E-state index in [1.165, 1.54) is 0 Å². The van der Waals surface area contributed by atoms with Gasteiger partial charge < -0.3 is 14.9 Å². The Balaban J connectivity index is 1.91. The maximum Gasteiger partial charge on any atom is 0.227 e. The van der Waals surface area contributed by atoms with Crippen molar-refractivity contribution in [1.29, 1.82) is 10.7 Å². The third-order valence-corrected chi connectivity index (χ3v) is 3.36. The maximum absolute atomic E-state index is 8.84. The molecular formula is C17H14N6O2. The number of nitrogens with one attached hydrogen (secondary N) is 2. The minimum absolute atomic E-state index is 0.199. The molecule has 1 aromatic heterocycles. The van der Waals surface area contributed by atoms with Crippen LogP contribution >= 0.6 is 0 Å². The Morgan fingerprint density at radius 2 is 2.20 bits per heavy atom. The van der Waals surface area contributed by atoms with Gasteiger partial charge in [0, 0.05) is 11.6 Å². The lowest BCUT2D eigenvalue weighted by atomic mass is 10.2. The highest BCUT2D eigenvalue weighted by Crippen LogP contribution is 2.28. The molecule has 0 saturated carbocycles. The number of anilines is 1. The molecule has 0 bridgehead atoms. The van der Waals surface area contributed by atoms with Gasteiger partial charge in [0.15, 0.2) is 11.4 Å². The van der Waals surface area contributed by atoms with Crippen LogP contribution in [0.15, 0.2) is 52.0 Å². The standard InChI is InChI=1S/C17H14N6O2/c1-24-12-4-2-3-10(7-12)17-21-13-6-5-11(8-15(13)25-17)22-23-14(9-18)16(19)20/h2-8,22H,1H3,(H3,19,20)/b23-14+. The Morgan fingerprint density at radius 1 is 1.36 bits per heavy atom. The number of methoxy groups -OCH3 is 1. The minimum Gasteiger partial charge on any atom is -0.497 e. The van der Waals surface area contributed by atoms with Crippen molar-refractivity contribution in [2.45, 2.75) is 0 Å². The number of nitrogens with zero attached hydrogens (tertiary/aromatic N) is 3. The molecule has 0 atom stereocenters. The molecule has 0 radical (unpaired) electrons. The predicted molar refractivity (Wildman–Crippen MR) is 94.6 cm³/mol. The van der Waals surface area contributed by atoms with Crippen LogP contribution in [0.25, 0.3) is 22.6 Å². The zero-order valence-corrected chi connectivity index (χ0v) is 13.3. The van der Waals surface area contributed by atoms with E-state index in [9.17, 15) is 0 Å². The van der Waals surface area contributed by atoms with E-state index >= 15 is 0 Å². The van der Waals surface area contributed by atoms with Crippen molar-refractivity contribution in [3.05, 3.63) is 42.5 Å². The molecular weight excluding hydrogens is 320 g/mol. The second-order valence-electron chi connectivity index (χ2n) is 5.03. The molecule has 0 spiro atoms. The fourth-order valence-electron chi connectivity index (χ4n) is 2.14. The summed E-state index contributed by atoms with van der Waals surface area (Å²) in [6.45, 7) is 0. The van der Waals surface area contributed by atoms with Gasteiger partial charge in [-0.05, 0) is 30.3 Å². The molecule has 4 N–H and O–H groups in total. The van der Waals surface area contributed by atoms with E-state index in [1.807, 2.05) is 24.3 Å². The molecule has 0 unspecified atom stereocenters. The van der Waals surface area contributed by atoms with Gasteiger partial charge in [-0.15, -0.1) is 0 Å². The Labute approximate surface area is 143 Å². The monoisotopic (exact) mass is 334 g/mol. The number of nitrogens with two attached hydrogens (primary N) is 1. The highest BCUT2D eigenvalue weighted by molar-refractivity contribution is 6.45. The lowest BCUT2D eigenvalue weighted by Crippen LogP contribution is -2.21. The van der Waals surface area contributed by atoms with Crippen molar-refractivity contribution >= 4 is 28.3 Å². The van der Waals surface area contributed by atoms with Crippen LogP contribution < -0.4 is 15.9 Å². The third-order valence-electron chi connectivity index (χ3n) is 3.36. The lowest BCUT2D eigenvalue weighted by Gasteiger charge is -2.00. The van der Waals surface area contributed by atoms with Gasteiger partial charge in [0.05, 0.1) is 12.8 Å². The number of ether oxygens (including phenoxy) is 1. The van der Waals surface area contributed by atoms with E-state index in [0.29, 0.717) is 28.4 Å². The molecule has 0 amide bonds. The van der Waals surface area contributed by atoms with Crippen LogP contribution in [0.4, 0.5) is 5.69 Å².